The summed E-state index contributed by atoms with van der Waals surface area (Å²) < 4.78 is 1.82. The van der Waals surface area contributed by atoms with Gasteiger partial charge in [-0.25, -0.2) is 16.5 Å². The van der Waals surface area contributed by atoms with Gasteiger partial charge < -0.3 is 15.1 Å². The molecule has 164 valence electrons. The molecule has 2 aliphatic rings. The summed E-state index contributed by atoms with van der Waals surface area (Å²) in [5.41, 5.74) is 2.85. The zero-order valence-electron chi connectivity index (χ0n) is 18.0. The topological polar surface area (TPSA) is 104 Å². The lowest BCUT2D eigenvalue weighted by molar-refractivity contribution is -0.117. The summed E-state index contributed by atoms with van der Waals surface area (Å²) in [5.74, 6) is 0.615. The molecule has 1 aliphatic carbocycles. The van der Waals surface area contributed by atoms with Gasteiger partial charge in [-0.1, -0.05) is 0 Å². The maximum absolute atomic E-state index is 11.9. The number of carbonyl (C=O) groups excluding carboxylic acids is 1. The van der Waals surface area contributed by atoms with Crippen molar-refractivity contribution in [2.24, 2.45) is 0 Å². The first-order valence-electron chi connectivity index (χ1n) is 10.9. The number of rotatable bonds is 6. The normalized spacial score (nSPS) is 21.8. The van der Waals surface area contributed by atoms with Crippen LogP contribution < -0.4 is 10.2 Å². The predicted molar refractivity (Wildman–Crippen MR) is 122 cm³/mol. The van der Waals surface area contributed by atoms with Crippen LogP contribution in [0.1, 0.15) is 32.1 Å². The first-order valence-corrected chi connectivity index (χ1v) is 10.9. The van der Waals surface area contributed by atoms with Crippen LogP contribution in [0.25, 0.3) is 16.1 Å². The van der Waals surface area contributed by atoms with Gasteiger partial charge in [0.05, 0.1) is 29.9 Å². The Balaban J connectivity index is 1.32. The molecule has 1 saturated carbocycles. The van der Waals surface area contributed by atoms with Crippen molar-refractivity contribution in [1.82, 2.24) is 19.7 Å². The number of hydrogen-bond acceptors (Lipinski definition) is 6. The molecule has 9 nitrogen and oxygen atoms in total. The van der Waals surface area contributed by atoms with E-state index in [1.54, 1.807) is 17.3 Å². The minimum absolute atomic E-state index is 0.0455. The molecule has 1 N–H and O–H groups in total. The fraction of sp³-hybridized carbons (Fsp3) is 0.333. The van der Waals surface area contributed by atoms with Gasteiger partial charge in [-0.15, -0.1) is 0 Å². The van der Waals surface area contributed by atoms with Crippen LogP contribution in [0, 0.1) is 17.9 Å². The molecule has 5 rings (SSSR count). The van der Waals surface area contributed by atoms with Gasteiger partial charge in [0.2, 0.25) is 17.9 Å². The van der Waals surface area contributed by atoms with Gasteiger partial charge in [0, 0.05) is 55.1 Å². The van der Waals surface area contributed by atoms with Gasteiger partial charge in [-0.05, 0) is 36.8 Å². The smallest absolute Gasteiger partial charge is 0.228 e. The minimum atomic E-state index is -0.408. The number of amides is 1. The summed E-state index contributed by atoms with van der Waals surface area (Å²) >= 11 is 0. The van der Waals surface area contributed by atoms with Crippen LogP contribution in [-0.2, 0) is 10.3 Å². The van der Waals surface area contributed by atoms with Gasteiger partial charge in [-0.2, -0.15) is 10.4 Å². The van der Waals surface area contributed by atoms with E-state index in [-0.39, 0.29) is 11.9 Å². The molecule has 1 saturated heterocycles. The summed E-state index contributed by atoms with van der Waals surface area (Å²) in [6.07, 6.45) is 8.42. The van der Waals surface area contributed by atoms with Crippen molar-refractivity contribution >= 4 is 23.2 Å². The summed E-state index contributed by atoms with van der Waals surface area (Å²) in [4.78, 5) is 26.3. The van der Waals surface area contributed by atoms with E-state index in [4.69, 9.17) is 6.57 Å². The average molecular weight is 438 g/mol. The molecule has 2 fully saturated rings. The molecular formula is C24H22N8O. The van der Waals surface area contributed by atoms with E-state index in [0.717, 1.165) is 29.9 Å². The third kappa shape index (κ3) is 3.90. The number of nitrogens with zero attached hydrogens (tertiary/aromatic N) is 7. The van der Waals surface area contributed by atoms with Crippen LogP contribution in [0.15, 0.2) is 48.9 Å². The lowest BCUT2D eigenvalue weighted by atomic mass is 9.71. The Labute approximate surface area is 191 Å². The summed E-state index contributed by atoms with van der Waals surface area (Å²) in [5, 5.41) is 17.0. The number of benzene rings is 1. The maximum Gasteiger partial charge on any atom is 0.228 e. The molecule has 1 aromatic carbocycles. The molecule has 0 spiro atoms. The predicted octanol–water partition coefficient (Wildman–Crippen LogP) is 3.90. The van der Waals surface area contributed by atoms with Crippen molar-refractivity contribution in [1.29, 1.82) is 5.26 Å². The molecule has 0 unspecified atom stereocenters. The Morgan fingerprint density at radius 1 is 1.27 bits per heavy atom. The lowest BCUT2D eigenvalue weighted by Crippen LogP contribution is -2.48. The standard InChI is InChI=1S/C24H22N8O/c1-26-19-13-24(14-19,9-10-25)32-16-17(15-28-32)21-8-11-27-23(30-21)29-18-4-6-20(7-5-18)31-12-2-3-22(31)33/h4-8,11,15-16,19H,2-3,9,12-14H2,(H,27,29,30). The fourth-order valence-corrected chi connectivity index (χ4v) is 4.54. The van der Waals surface area contributed by atoms with E-state index < -0.39 is 5.54 Å². The zero-order valence-corrected chi connectivity index (χ0v) is 18.0. The van der Waals surface area contributed by atoms with Crippen molar-refractivity contribution in [2.45, 2.75) is 43.7 Å². The SMILES string of the molecule is [C-]#[N+]C1CC(CC#N)(n2cc(-c3ccnc(Nc4ccc(N5CCCC5=O)cc4)n3)cn2)C1. The Bertz CT molecular complexity index is 1260. The average Bonchev–Trinajstić information content (AvgIpc) is 3.46. The highest BCUT2D eigenvalue weighted by Gasteiger charge is 2.50. The van der Waals surface area contributed by atoms with E-state index in [9.17, 15) is 10.1 Å². The second-order valence-electron chi connectivity index (χ2n) is 8.51. The number of carbonyl (C=O) groups is 1. The fourth-order valence-electron chi connectivity index (χ4n) is 4.54. The highest BCUT2D eigenvalue weighted by Crippen LogP contribution is 2.44. The Hall–Kier alpha value is -4.24. The third-order valence-electron chi connectivity index (χ3n) is 6.35. The number of nitriles is 1. The van der Waals surface area contributed by atoms with E-state index in [2.05, 4.69) is 31.3 Å². The van der Waals surface area contributed by atoms with E-state index in [1.165, 1.54) is 0 Å². The van der Waals surface area contributed by atoms with Gasteiger partial charge in [-0.3, -0.25) is 9.48 Å². The van der Waals surface area contributed by atoms with E-state index in [1.807, 2.05) is 41.2 Å². The van der Waals surface area contributed by atoms with Crippen LogP contribution in [0.5, 0.6) is 0 Å². The van der Waals surface area contributed by atoms with Gasteiger partial charge in [0.25, 0.3) is 0 Å². The molecule has 0 atom stereocenters. The molecule has 33 heavy (non-hydrogen) atoms. The highest BCUT2D eigenvalue weighted by atomic mass is 16.2. The largest absolute Gasteiger partial charge is 0.324 e. The highest BCUT2D eigenvalue weighted by molar-refractivity contribution is 5.95. The van der Waals surface area contributed by atoms with E-state index >= 15 is 0 Å². The molecule has 3 heterocycles. The monoisotopic (exact) mass is 438 g/mol. The Morgan fingerprint density at radius 2 is 2.09 bits per heavy atom. The van der Waals surface area contributed by atoms with E-state index in [0.29, 0.717) is 37.3 Å². The Morgan fingerprint density at radius 3 is 2.79 bits per heavy atom. The van der Waals surface area contributed by atoms with Crippen LogP contribution in [0.4, 0.5) is 17.3 Å². The summed E-state index contributed by atoms with van der Waals surface area (Å²) in [6, 6.07) is 11.7. The third-order valence-corrected chi connectivity index (χ3v) is 6.35. The zero-order chi connectivity index (χ0) is 22.8. The summed E-state index contributed by atoms with van der Waals surface area (Å²) in [7, 11) is 0. The maximum atomic E-state index is 11.9. The Kier molecular flexibility index (Phi) is 5.23. The number of nitrogens with one attached hydrogen (secondary N) is 1. The lowest BCUT2D eigenvalue weighted by Gasteiger charge is -2.40. The van der Waals surface area contributed by atoms with Crippen LogP contribution in [-0.4, -0.2) is 38.2 Å². The van der Waals surface area contributed by atoms with Crippen LogP contribution in [0.3, 0.4) is 0 Å². The molecule has 0 radical (unpaired) electrons. The molecule has 9 heteroatoms. The first kappa shape index (κ1) is 20.7. The molecule has 0 bridgehead atoms. The molecular weight excluding hydrogens is 416 g/mol. The van der Waals surface area contributed by atoms with Gasteiger partial charge >= 0.3 is 0 Å². The second kappa shape index (κ2) is 8.36. The summed E-state index contributed by atoms with van der Waals surface area (Å²) in [6.45, 7) is 7.98. The van der Waals surface area contributed by atoms with Gasteiger partial charge in [0.15, 0.2) is 0 Å². The minimum Gasteiger partial charge on any atom is -0.324 e. The van der Waals surface area contributed by atoms with Crippen molar-refractivity contribution in [3.8, 4) is 17.3 Å². The van der Waals surface area contributed by atoms with Gasteiger partial charge in [0.1, 0.15) is 0 Å². The molecule has 1 aliphatic heterocycles. The van der Waals surface area contributed by atoms with Crippen molar-refractivity contribution < 1.29 is 4.79 Å². The van der Waals surface area contributed by atoms with Crippen molar-refractivity contribution in [2.75, 3.05) is 16.8 Å². The quantitative estimate of drug-likeness (QED) is 0.586. The molecule has 3 aromatic rings. The first-order chi connectivity index (χ1) is 16.1. The number of anilines is 3. The number of hydrogen-bond donors (Lipinski definition) is 1. The van der Waals surface area contributed by atoms with Crippen LogP contribution in [0.2, 0.25) is 0 Å². The van der Waals surface area contributed by atoms with Crippen molar-refractivity contribution in [3.63, 3.8) is 0 Å². The van der Waals surface area contributed by atoms with Crippen LogP contribution >= 0.6 is 0 Å². The van der Waals surface area contributed by atoms with Crippen molar-refractivity contribution in [3.05, 3.63) is 60.3 Å². The number of aromatic nitrogens is 4. The molecule has 1 amide bonds. The second-order valence-corrected chi connectivity index (χ2v) is 8.51. The molecule has 2 aromatic heterocycles.